The molecule has 0 aliphatic heterocycles. The summed E-state index contributed by atoms with van der Waals surface area (Å²) in [5, 5.41) is 14.7. The number of nitrogens with one attached hydrogen (secondary N) is 1. The molecule has 1 N–H and O–H groups in total. The lowest BCUT2D eigenvalue weighted by atomic mass is 10.1. The molecule has 0 unspecified atom stereocenters. The van der Waals surface area contributed by atoms with Crippen molar-refractivity contribution in [3.05, 3.63) is 80.6 Å². The summed E-state index contributed by atoms with van der Waals surface area (Å²) in [6, 6.07) is 8.65. The van der Waals surface area contributed by atoms with Gasteiger partial charge in [0.15, 0.2) is 0 Å². The van der Waals surface area contributed by atoms with E-state index in [4.69, 9.17) is 23.2 Å². The highest BCUT2D eigenvalue weighted by molar-refractivity contribution is 6.35. The number of halogens is 8. The minimum absolute atomic E-state index is 0.0220. The number of alkyl halides is 6. The van der Waals surface area contributed by atoms with Gasteiger partial charge in [0.05, 0.1) is 33.2 Å². The molecule has 5 nitrogen and oxygen atoms in total. The molecule has 0 atom stereocenters. The topological polar surface area (TPSA) is 70.7 Å². The summed E-state index contributed by atoms with van der Waals surface area (Å²) < 4.78 is 79.3. The number of benzene rings is 2. The molecule has 0 aliphatic rings. The van der Waals surface area contributed by atoms with Crippen molar-refractivity contribution >= 4 is 40.9 Å². The number of rotatable bonds is 4. The Morgan fingerprint density at radius 3 is 2.34 bits per heavy atom. The molecule has 0 saturated carbocycles. The van der Waals surface area contributed by atoms with Gasteiger partial charge in [0, 0.05) is 5.56 Å². The van der Waals surface area contributed by atoms with Gasteiger partial charge in [-0.2, -0.15) is 36.7 Å². The number of aromatic nitrogens is 2. The van der Waals surface area contributed by atoms with E-state index in [1.54, 1.807) is 6.07 Å². The minimum atomic E-state index is -4.77. The average Bonchev–Trinajstić information content (AvgIpc) is 3.05. The van der Waals surface area contributed by atoms with Gasteiger partial charge in [0.25, 0.3) is 5.91 Å². The van der Waals surface area contributed by atoms with Crippen molar-refractivity contribution in [1.29, 1.82) is 5.26 Å². The van der Waals surface area contributed by atoms with Gasteiger partial charge >= 0.3 is 12.4 Å². The normalized spacial score (nSPS) is 12.4. The highest BCUT2D eigenvalue weighted by atomic mass is 35.5. The Hall–Kier alpha value is -3.49. The molecular weight excluding hydrogens is 521 g/mol. The quantitative estimate of drug-likeness (QED) is 0.222. The van der Waals surface area contributed by atoms with Crippen LogP contribution in [0.25, 0.3) is 11.8 Å². The first kappa shape index (κ1) is 26.1. The van der Waals surface area contributed by atoms with E-state index < -0.39 is 40.0 Å². The van der Waals surface area contributed by atoms with E-state index in [1.165, 1.54) is 13.0 Å². The Kier molecular flexibility index (Phi) is 7.19. The van der Waals surface area contributed by atoms with Crippen molar-refractivity contribution in [2.75, 3.05) is 5.32 Å². The van der Waals surface area contributed by atoms with Gasteiger partial charge < -0.3 is 5.32 Å². The molecule has 0 fully saturated rings. The fourth-order valence-electron chi connectivity index (χ4n) is 2.99. The molecule has 3 aromatic rings. The second-order valence-corrected chi connectivity index (χ2v) is 7.77. The van der Waals surface area contributed by atoms with Crippen molar-refractivity contribution in [2.45, 2.75) is 19.3 Å². The standard InChI is InChI=1S/C22H12Cl2F6N4O/c1-11-15(19(24)34(33-11)14-5-2-4-13(9-14)21(25,26)27)8-12(10-31)20(35)32-17-7-3-6-16(18(17)23)22(28,29)30/h2-9H,1H3,(H,32,35)/b12-8+. The van der Waals surface area contributed by atoms with Crippen LogP contribution in [0.5, 0.6) is 0 Å². The van der Waals surface area contributed by atoms with Crippen LogP contribution in [0.4, 0.5) is 32.0 Å². The Balaban J connectivity index is 1.97. The van der Waals surface area contributed by atoms with Crippen LogP contribution in [-0.4, -0.2) is 15.7 Å². The van der Waals surface area contributed by atoms with Crippen molar-refractivity contribution in [3.8, 4) is 11.8 Å². The maximum atomic E-state index is 13.1. The minimum Gasteiger partial charge on any atom is -0.320 e. The molecule has 0 spiro atoms. The Morgan fingerprint density at radius 1 is 1.09 bits per heavy atom. The summed E-state index contributed by atoms with van der Waals surface area (Å²) in [4.78, 5) is 12.6. The van der Waals surface area contributed by atoms with Crippen LogP contribution in [0.3, 0.4) is 0 Å². The molecule has 0 bridgehead atoms. The second-order valence-electron chi connectivity index (χ2n) is 7.04. The molecule has 35 heavy (non-hydrogen) atoms. The van der Waals surface area contributed by atoms with Crippen LogP contribution in [0.15, 0.2) is 48.0 Å². The Bertz CT molecular complexity index is 1370. The van der Waals surface area contributed by atoms with E-state index in [0.29, 0.717) is 0 Å². The molecule has 1 amide bonds. The SMILES string of the molecule is Cc1nn(-c2cccc(C(F)(F)F)c2)c(Cl)c1/C=C(\C#N)C(=O)Nc1cccc(C(F)(F)F)c1Cl. The third kappa shape index (κ3) is 5.61. The van der Waals surface area contributed by atoms with Crippen LogP contribution < -0.4 is 5.32 Å². The molecule has 182 valence electrons. The largest absolute Gasteiger partial charge is 0.417 e. The highest BCUT2D eigenvalue weighted by Crippen LogP contribution is 2.38. The number of hydrogen-bond donors (Lipinski definition) is 1. The highest BCUT2D eigenvalue weighted by Gasteiger charge is 2.34. The monoisotopic (exact) mass is 532 g/mol. The first-order chi connectivity index (χ1) is 16.2. The van der Waals surface area contributed by atoms with Gasteiger partial charge in [-0.1, -0.05) is 35.3 Å². The number of carbonyl (C=O) groups excluding carboxylic acids is 1. The summed E-state index contributed by atoms with van der Waals surface area (Å²) in [7, 11) is 0. The Labute approximate surface area is 204 Å². The number of anilines is 1. The van der Waals surface area contributed by atoms with Crippen molar-refractivity contribution < 1.29 is 31.1 Å². The third-order valence-electron chi connectivity index (χ3n) is 4.67. The molecule has 0 saturated heterocycles. The predicted molar refractivity (Wildman–Crippen MR) is 117 cm³/mol. The zero-order valence-corrected chi connectivity index (χ0v) is 18.9. The van der Waals surface area contributed by atoms with Gasteiger partial charge in [0.2, 0.25) is 0 Å². The van der Waals surface area contributed by atoms with Crippen molar-refractivity contribution in [2.24, 2.45) is 0 Å². The van der Waals surface area contributed by atoms with Gasteiger partial charge in [0.1, 0.15) is 16.8 Å². The average molecular weight is 533 g/mol. The summed E-state index contributed by atoms with van der Waals surface area (Å²) in [6.45, 7) is 1.44. The van der Waals surface area contributed by atoms with Gasteiger partial charge in [-0.25, -0.2) is 4.68 Å². The van der Waals surface area contributed by atoms with E-state index in [-0.39, 0.29) is 27.8 Å². The first-order valence-corrected chi connectivity index (χ1v) is 10.2. The van der Waals surface area contributed by atoms with Crippen LogP contribution in [0.1, 0.15) is 22.4 Å². The van der Waals surface area contributed by atoms with E-state index in [0.717, 1.165) is 47.2 Å². The van der Waals surface area contributed by atoms with Crippen molar-refractivity contribution in [1.82, 2.24) is 9.78 Å². The smallest absolute Gasteiger partial charge is 0.320 e. The maximum absolute atomic E-state index is 13.1. The number of nitriles is 1. The lowest BCUT2D eigenvalue weighted by Gasteiger charge is -2.13. The summed E-state index contributed by atoms with van der Waals surface area (Å²) in [5.41, 5.74) is -2.86. The van der Waals surface area contributed by atoms with E-state index in [9.17, 15) is 36.4 Å². The van der Waals surface area contributed by atoms with Gasteiger partial charge in [-0.05, 0) is 43.3 Å². The molecule has 0 radical (unpaired) electrons. The summed E-state index contributed by atoms with van der Waals surface area (Å²) in [6.07, 6.45) is -8.36. The third-order valence-corrected chi connectivity index (χ3v) is 5.44. The number of carbonyl (C=O) groups is 1. The van der Waals surface area contributed by atoms with E-state index in [1.807, 2.05) is 0 Å². The lowest BCUT2D eigenvalue weighted by molar-refractivity contribution is -0.138. The number of amides is 1. The molecule has 1 heterocycles. The Morgan fingerprint density at radius 2 is 1.74 bits per heavy atom. The molecule has 13 heteroatoms. The molecular formula is C22H12Cl2F6N4O. The molecule has 2 aromatic carbocycles. The van der Waals surface area contributed by atoms with Crippen LogP contribution in [-0.2, 0) is 17.1 Å². The van der Waals surface area contributed by atoms with E-state index >= 15 is 0 Å². The zero-order chi connectivity index (χ0) is 26.1. The fraction of sp³-hybridized carbons (Fsp3) is 0.136. The number of aryl methyl sites for hydroxylation is 1. The van der Waals surface area contributed by atoms with Crippen LogP contribution in [0, 0.1) is 18.3 Å². The molecule has 1 aromatic heterocycles. The number of hydrogen-bond acceptors (Lipinski definition) is 3. The summed E-state index contributed by atoms with van der Waals surface area (Å²) in [5.74, 6) is -1.09. The fourth-order valence-corrected chi connectivity index (χ4v) is 3.60. The number of nitrogens with zero attached hydrogens (tertiary/aromatic N) is 3. The van der Waals surface area contributed by atoms with E-state index in [2.05, 4.69) is 10.4 Å². The molecule has 3 rings (SSSR count). The lowest BCUT2D eigenvalue weighted by Crippen LogP contribution is -2.15. The summed E-state index contributed by atoms with van der Waals surface area (Å²) >= 11 is 12.0. The zero-order valence-electron chi connectivity index (χ0n) is 17.4. The second kappa shape index (κ2) is 9.64. The predicted octanol–water partition coefficient (Wildman–Crippen LogP) is 7.07. The van der Waals surface area contributed by atoms with Crippen LogP contribution in [0.2, 0.25) is 10.2 Å². The maximum Gasteiger partial charge on any atom is 0.417 e. The molecule has 0 aliphatic carbocycles. The van der Waals surface area contributed by atoms with Gasteiger partial charge in [-0.3, -0.25) is 4.79 Å². The van der Waals surface area contributed by atoms with Gasteiger partial charge in [-0.15, -0.1) is 0 Å². The van der Waals surface area contributed by atoms with Crippen molar-refractivity contribution in [3.63, 3.8) is 0 Å². The van der Waals surface area contributed by atoms with Crippen LogP contribution >= 0.6 is 23.2 Å². The first-order valence-electron chi connectivity index (χ1n) is 9.45.